The molecule has 2 aromatic rings. The molecular formula is C12H9ClFN3O. The van der Waals surface area contributed by atoms with E-state index in [2.05, 4.69) is 10.3 Å². The molecule has 0 fully saturated rings. The third-order valence-corrected chi connectivity index (χ3v) is 2.66. The zero-order valence-corrected chi connectivity index (χ0v) is 9.91. The van der Waals surface area contributed by atoms with Crippen molar-refractivity contribution in [1.82, 2.24) is 4.98 Å². The molecule has 0 unspecified atom stereocenters. The highest BCUT2D eigenvalue weighted by atomic mass is 35.5. The van der Waals surface area contributed by atoms with Crippen LogP contribution in [-0.4, -0.2) is 10.9 Å². The van der Waals surface area contributed by atoms with Crippen molar-refractivity contribution in [2.24, 2.45) is 0 Å². The van der Waals surface area contributed by atoms with Gasteiger partial charge in [-0.05, 0) is 24.3 Å². The Labute approximate surface area is 108 Å². The van der Waals surface area contributed by atoms with Crippen molar-refractivity contribution in [3.05, 3.63) is 52.9 Å². The van der Waals surface area contributed by atoms with Crippen molar-refractivity contribution < 1.29 is 9.18 Å². The minimum atomic E-state index is -0.477. The van der Waals surface area contributed by atoms with Crippen molar-refractivity contribution in [2.45, 2.75) is 0 Å². The fourth-order valence-electron chi connectivity index (χ4n) is 1.36. The number of carbonyl (C=O) groups excluding carboxylic acids is 1. The number of carbonyl (C=O) groups is 1. The summed E-state index contributed by atoms with van der Waals surface area (Å²) in [5.74, 6) is -0.693. The molecule has 0 spiro atoms. The van der Waals surface area contributed by atoms with Gasteiger partial charge in [0.05, 0.1) is 22.5 Å². The quantitative estimate of drug-likeness (QED) is 0.821. The number of amides is 1. The topological polar surface area (TPSA) is 68.0 Å². The van der Waals surface area contributed by atoms with Gasteiger partial charge in [0.25, 0.3) is 5.91 Å². The van der Waals surface area contributed by atoms with Gasteiger partial charge in [-0.1, -0.05) is 17.7 Å². The Kier molecular flexibility index (Phi) is 3.43. The first-order chi connectivity index (χ1) is 8.58. The summed E-state index contributed by atoms with van der Waals surface area (Å²) in [4.78, 5) is 15.6. The Morgan fingerprint density at radius 1 is 1.33 bits per heavy atom. The SMILES string of the molecule is Nc1cccc(C(=O)Nc2ccc(F)cn2)c1Cl. The molecule has 18 heavy (non-hydrogen) atoms. The van der Waals surface area contributed by atoms with E-state index in [4.69, 9.17) is 17.3 Å². The second-order valence-electron chi connectivity index (χ2n) is 3.52. The number of pyridine rings is 1. The van der Waals surface area contributed by atoms with E-state index in [1.54, 1.807) is 12.1 Å². The van der Waals surface area contributed by atoms with Crippen molar-refractivity contribution in [3.63, 3.8) is 0 Å². The maximum absolute atomic E-state index is 12.7. The number of nitrogens with zero attached hydrogens (tertiary/aromatic N) is 1. The van der Waals surface area contributed by atoms with Gasteiger partial charge in [-0.15, -0.1) is 0 Å². The number of hydrogen-bond donors (Lipinski definition) is 2. The van der Waals surface area contributed by atoms with E-state index in [9.17, 15) is 9.18 Å². The van der Waals surface area contributed by atoms with Crippen LogP contribution in [0.1, 0.15) is 10.4 Å². The standard InChI is InChI=1S/C12H9ClFN3O/c13-11-8(2-1-3-9(11)15)12(18)17-10-5-4-7(14)6-16-10/h1-6H,15H2,(H,16,17,18). The van der Waals surface area contributed by atoms with Gasteiger partial charge in [-0.2, -0.15) is 0 Å². The highest BCUT2D eigenvalue weighted by Gasteiger charge is 2.12. The average Bonchev–Trinajstić information content (AvgIpc) is 2.35. The second kappa shape index (κ2) is 5.01. The molecule has 0 saturated heterocycles. The molecule has 0 radical (unpaired) electrons. The first kappa shape index (κ1) is 12.3. The van der Waals surface area contributed by atoms with Crippen molar-refractivity contribution in [2.75, 3.05) is 11.1 Å². The zero-order valence-electron chi connectivity index (χ0n) is 9.15. The van der Waals surface area contributed by atoms with E-state index in [0.29, 0.717) is 5.69 Å². The summed E-state index contributed by atoms with van der Waals surface area (Å²) in [7, 11) is 0. The third kappa shape index (κ3) is 2.57. The molecule has 1 aromatic carbocycles. The van der Waals surface area contributed by atoms with Crippen LogP contribution in [0.2, 0.25) is 5.02 Å². The predicted molar refractivity (Wildman–Crippen MR) is 68.0 cm³/mol. The van der Waals surface area contributed by atoms with Crippen LogP contribution in [0.5, 0.6) is 0 Å². The van der Waals surface area contributed by atoms with Gasteiger partial charge >= 0.3 is 0 Å². The fraction of sp³-hybridized carbons (Fsp3) is 0. The van der Waals surface area contributed by atoms with Crippen LogP contribution < -0.4 is 11.1 Å². The van der Waals surface area contributed by atoms with Gasteiger partial charge in [0.2, 0.25) is 0 Å². The molecule has 0 aliphatic heterocycles. The lowest BCUT2D eigenvalue weighted by Crippen LogP contribution is -2.14. The lowest BCUT2D eigenvalue weighted by atomic mass is 10.2. The summed E-state index contributed by atoms with van der Waals surface area (Å²) < 4.78 is 12.7. The molecule has 0 bridgehead atoms. The minimum absolute atomic E-state index is 0.178. The number of nitrogen functional groups attached to an aromatic ring is 1. The van der Waals surface area contributed by atoms with Gasteiger partial charge in [0.15, 0.2) is 0 Å². The summed E-state index contributed by atoms with van der Waals surface area (Å²) in [6, 6.07) is 7.30. The van der Waals surface area contributed by atoms with Gasteiger partial charge in [-0.3, -0.25) is 4.79 Å². The number of anilines is 2. The van der Waals surface area contributed by atoms with E-state index >= 15 is 0 Å². The summed E-state index contributed by atoms with van der Waals surface area (Å²) >= 11 is 5.91. The maximum atomic E-state index is 12.7. The first-order valence-corrected chi connectivity index (χ1v) is 5.42. The summed E-state index contributed by atoms with van der Waals surface area (Å²) in [6.07, 6.45) is 1.01. The number of hydrogen-bond acceptors (Lipinski definition) is 3. The summed E-state index contributed by atoms with van der Waals surface area (Å²) in [6.45, 7) is 0. The summed E-state index contributed by atoms with van der Waals surface area (Å²) in [5, 5.41) is 2.67. The van der Waals surface area contributed by atoms with Crippen molar-refractivity contribution in [3.8, 4) is 0 Å². The monoisotopic (exact) mass is 265 g/mol. The van der Waals surface area contributed by atoms with Crippen LogP contribution in [-0.2, 0) is 0 Å². The molecule has 0 saturated carbocycles. The summed E-state index contributed by atoms with van der Waals surface area (Å²) in [5.41, 5.74) is 6.15. The van der Waals surface area contributed by atoms with E-state index in [1.807, 2.05) is 0 Å². The number of benzene rings is 1. The van der Waals surface area contributed by atoms with Crippen molar-refractivity contribution in [1.29, 1.82) is 0 Å². The Hall–Kier alpha value is -2.14. The molecule has 1 aromatic heterocycles. The number of halogens is 2. The molecule has 6 heteroatoms. The van der Waals surface area contributed by atoms with Gasteiger partial charge in [0.1, 0.15) is 11.6 Å². The van der Waals surface area contributed by atoms with Crippen LogP contribution in [0.25, 0.3) is 0 Å². The molecule has 4 nitrogen and oxygen atoms in total. The molecular weight excluding hydrogens is 257 g/mol. The molecule has 2 rings (SSSR count). The average molecular weight is 266 g/mol. The van der Waals surface area contributed by atoms with E-state index in [-0.39, 0.29) is 16.4 Å². The normalized spacial score (nSPS) is 10.1. The molecule has 0 aliphatic rings. The van der Waals surface area contributed by atoms with Crippen LogP contribution in [0.15, 0.2) is 36.5 Å². The molecule has 0 aliphatic carbocycles. The zero-order chi connectivity index (χ0) is 13.1. The molecule has 1 heterocycles. The van der Waals surface area contributed by atoms with E-state index in [1.165, 1.54) is 18.2 Å². The van der Waals surface area contributed by atoms with Crippen LogP contribution in [0.3, 0.4) is 0 Å². The van der Waals surface area contributed by atoms with Crippen LogP contribution in [0.4, 0.5) is 15.9 Å². The molecule has 1 amide bonds. The lowest BCUT2D eigenvalue weighted by molar-refractivity contribution is 0.102. The smallest absolute Gasteiger partial charge is 0.258 e. The van der Waals surface area contributed by atoms with Gasteiger partial charge in [-0.25, -0.2) is 9.37 Å². The highest BCUT2D eigenvalue weighted by molar-refractivity contribution is 6.36. The Balaban J connectivity index is 2.22. The van der Waals surface area contributed by atoms with Crippen LogP contribution >= 0.6 is 11.6 Å². The fourth-order valence-corrected chi connectivity index (χ4v) is 1.57. The van der Waals surface area contributed by atoms with Crippen LogP contribution in [0, 0.1) is 5.82 Å². The number of nitrogens with one attached hydrogen (secondary N) is 1. The predicted octanol–water partition coefficient (Wildman–Crippen LogP) is 2.71. The second-order valence-corrected chi connectivity index (χ2v) is 3.90. The highest BCUT2D eigenvalue weighted by Crippen LogP contribution is 2.23. The van der Waals surface area contributed by atoms with Gasteiger partial charge in [0, 0.05) is 0 Å². The Bertz CT molecular complexity index is 586. The Morgan fingerprint density at radius 2 is 2.11 bits per heavy atom. The molecule has 3 N–H and O–H groups in total. The molecule has 92 valence electrons. The maximum Gasteiger partial charge on any atom is 0.258 e. The molecule has 0 atom stereocenters. The van der Waals surface area contributed by atoms with E-state index < -0.39 is 11.7 Å². The van der Waals surface area contributed by atoms with Crippen molar-refractivity contribution >= 4 is 29.0 Å². The lowest BCUT2D eigenvalue weighted by Gasteiger charge is -2.07. The largest absolute Gasteiger partial charge is 0.398 e. The minimum Gasteiger partial charge on any atom is -0.398 e. The number of rotatable bonds is 2. The number of aromatic nitrogens is 1. The number of nitrogens with two attached hydrogens (primary N) is 1. The first-order valence-electron chi connectivity index (χ1n) is 5.05. The van der Waals surface area contributed by atoms with Gasteiger partial charge < -0.3 is 11.1 Å². The van der Waals surface area contributed by atoms with E-state index in [0.717, 1.165) is 6.20 Å². The Morgan fingerprint density at radius 3 is 2.78 bits per heavy atom. The third-order valence-electron chi connectivity index (χ3n) is 2.24.